The summed E-state index contributed by atoms with van der Waals surface area (Å²) in [4.78, 5) is 0. The Morgan fingerprint density at radius 3 is 2.52 bits per heavy atom. The SMILES string of the molecule is CCC(CC)n1ccc(COc2ccc(CC#N)cc2)n1. The van der Waals surface area contributed by atoms with E-state index in [2.05, 4.69) is 25.0 Å². The fraction of sp³-hybridized carbons (Fsp3) is 0.412. The first kappa shape index (κ1) is 15.1. The molecular formula is C17H21N3O. The molecule has 4 heteroatoms. The molecule has 0 atom stereocenters. The van der Waals surface area contributed by atoms with Crippen molar-refractivity contribution in [1.82, 2.24) is 9.78 Å². The zero-order chi connectivity index (χ0) is 15.1. The van der Waals surface area contributed by atoms with E-state index in [-0.39, 0.29) is 0 Å². The van der Waals surface area contributed by atoms with Crippen LogP contribution >= 0.6 is 0 Å². The summed E-state index contributed by atoms with van der Waals surface area (Å²) in [7, 11) is 0. The van der Waals surface area contributed by atoms with Crippen LogP contribution in [0.5, 0.6) is 5.75 Å². The number of rotatable bonds is 7. The van der Waals surface area contributed by atoms with Crippen LogP contribution in [0.1, 0.15) is 44.0 Å². The minimum atomic E-state index is 0.431. The van der Waals surface area contributed by atoms with E-state index in [0.29, 0.717) is 19.1 Å². The lowest BCUT2D eigenvalue weighted by Crippen LogP contribution is -2.08. The number of hydrogen-bond donors (Lipinski definition) is 0. The van der Waals surface area contributed by atoms with Crippen LogP contribution in [0.2, 0.25) is 0 Å². The van der Waals surface area contributed by atoms with Crippen LogP contribution in [-0.4, -0.2) is 9.78 Å². The van der Waals surface area contributed by atoms with E-state index >= 15 is 0 Å². The second-order valence-electron chi connectivity index (χ2n) is 5.02. The number of ether oxygens (including phenoxy) is 1. The molecule has 0 bridgehead atoms. The van der Waals surface area contributed by atoms with Crippen molar-refractivity contribution in [3.8, 4) is 11.8 Å². The maximum absolute atomic E-state index is 8.64. The Morgan fingerprint density at radius 1 is 1.19 bits per heavy atom. The second-order valence-corrected chi connectivity index (χ2v) is 5.02. The lowest BCUT2D eigenvalue weighted by atomic mass is 10.2. The van der Waals surface area contributed by atoms with Gasteiger partial charge in [0.05, 0.1) is 24.2 Å². The molecule has 0 aliphatic carbocycles. The van der Waals surface area contributed by atoms with Crippen LogP contribution in [0.4, 0.5) is 0 Å². The highest BCUT2D eigenvalue weighted by Gasteiger charge is 2.08. The molecule has 1 aromatic heterocycles. The predicted octanol–water partition coefficient (Wildman–Crippen LogP) is 3.89. The lowest BCUT2D eigenvalue weighted by molar-refractivity contribution is 0.297. The van der Waals surface area contributed by atoms with Gasteiger partial charge in [-0.25, -0.2) is 0 Å². The monoisotopic (exact) mass is 283 g/mol. The molecule has 0 aliphatic heterocycles. The van der Waals surface area contributed by atoms with Crippen LogP contribution < -0.4 is 4.74 Å². The highest BCUT2D eigenvalue weighted by molar-refractivity contribution is 5.28. The Balaban J connectivity index is 1.92. The van der Waals surface area contributed by atoms with E-state index in [4.69, 9.17) is 10.00 Å². The predicted molar refractivity (Wildman–Crippen MR) is 81.9 cm³/mol. The van der Waals surface area contributed by atoms with Crippen LogP contribution in [0.25, 0.3) is 0 Å². The molecule has 0 aliphatic rings. The topological polar surface area (TPSA) is 50.8 Å². The Hall–Kier alpha value is -2.28. The summed E-state index contributed by atoms with van der Waals surface area (Å²) < 4.78 is 7.75. The lowest BCUT2D eigenvalue weighted by Gasteiger charge is -2.12. The van der Waals surface area contributed by atoms with Crippen molar-refractivity contribution in [2.45, 2.75) is 45.8 Å². The standard InChI is InChI=1S/C17H21N3O/c1-3-16(4-2)20-12-10-15(19-20)13-21-17-7-5-14(6-8-17)9-11-18/h5-8,10,12,16H,3-4,9,13H2,1-2H3. The van der Waals surface area contributed by atoms with Gasteiger partial charge in [-0.2, -0.15) is 10.4 Å². The van der Waals surface area contributed by atoms with Crippen LogP contribution in [-0.2, 0) is 13.0 Å². The highest BCUT2D eigenvalue weighted by atomic mass is 16.5. The summed E-state index contributed by atoms with van der Waals surface area (Å²) in [5.41, 5.74) is 1.94. The Labute approximate surface area is 126 Å². The van der Waals surface area contributed by atoms with E-state index in [0.717, 1.165) is 29.8 Å². The van der Waals surface area contributed by atoms with Gasteiger partial charge in [0.2, 0.25) is 0 Å². The van der Waals surface area contributed by atoms with Gasteiger partial charge in [0.15, 0.2) is 0 Å². The van der Waals surface area contributed by atoms with Crippen molar-refractivity contribution in [2.75, 3.05) is 0 Å². The van der Waals surface area contributed by atoms with Gasteiger partial charge in [0.25, 0.3) is 0 Å². The van der Waals surface area contributed by atoms with E-state index < -0.39 is 0 Å². The van der Waals surface area contributed by atoms with E-state index in [1.54, 1.807) is 0 Å². The highest BCUT2D eigenvalue weighted by Crippen LogP contribution is 2.16. The zero-order valence-electron chi connectivity index (χ0n) is 12.6. The largest absolute Gasteiger partial charge is 0.487 e. The fourth-order valence-corrected chi connectivity index (χ4v) is 2.27. The van der Waals surface area contributed by atoms with Crippen LogP contribution in [0, 0.1) is 11.3 Å². The van der Waals surface area contributed by atoms with E-state index in [9.17, 15) is 0 Å². The summed E-state index contributed by atoms with van der Waals surface area (Å²) in [6, 6.07) is 12.2. The first-order chi connectivity index (χ1) is 10.3. The van der Waals surface area contributed by atoms with E-state index in [1.165, 1.54) is 0 Å². The summed E-state index contributed by atoms with van der Waals surface area (Å²) in [6.45, 7) is 4.81. The van der Waals surface area contributed by atoms with Gasteiger partial charge in [-0.3, -0.25) is 4.68 Å². The third kappa shape index (κ3) is 4.09. The third-order valence-corrected chi connectivity index (χ3v) is 3.57. The number of aromatic nitrogens is 2. The number of hydrogen-bond acceptors (Lipinski definition) is 3. The normalized spacial score (nSPS) is 10.6. The number of benzene rings is 1. The summed E-state index contributed by atoms with van der Waals surface area (Å²) in [5, 5.41) is 13.2. The van der Waals surface area contributed by atoms with Crippen molar-refractivity contribution < 1.29 is 4.74 Å². The molecule has 2 aromatic rings. The van der Waals surface area contributed by atoms with E-state index in [1.807, 2.05) is 41.2 Å². The molecule has 1 aromatic carbocycles. The molecule has 4 nitrogen and oxygen atoms in total. The molecule has 1 heterocycles. The molecular weight excluding hydrogens is 262 g/mol. The molecule has 0 N–H and O–H groups in total. The quantitative estimate of drug-likeness (QED) is 0.774. The van der Waals surface area contributed by atoms with Gasteiger partial charge in [-0.1, -0.05) is 26.0 Å². The van der Waals surface area contributed by atoms with Crippen LogP contribution in [0.15, 0.2) is 36.5 Å². The molecule has 0 saturated heterocycles. The minimum Gasteiger partial charge on any atom is -0.487 e. The van der Waals surface area contributed by atoms with Gasteiger partial charge in [-0.15, -0.1) is 0 Å². The molecule has 110 valence electrons. The smallest absolute Gasteiger partial charge is 0.132 e. The van der Waals surface area contributed by atoms with Gasteiger partial charge in [-0.05, 0) is 36.6 Å². The van der Waals surface area contributed by atoms with Gasteiger partial charge in [0, 0.05) is 6.20 Å². The molecule has 0 unspecified atom stereocenters. The number of nitrogens with zero attached hydrogens (tertiary/aromatic N) is 3. The van der Waals surface area contributed by atoms with Crippen molar-refractivity contribution >= 4 is 0 Å². The summed E-state index contributed by atoms with van der Waals surface area (Å²) in [5.74, 6) is 0.800. The van der Waals surface area contributed by atoms with Gasteiger partial charge < -0.3 is 4.74 Å². The first-order valence-electron chi connectivity index (χ1n) is 7.39. The van der Waals surface area contributed by atoms with Crippen molar-refractivity contribution in [1.29, 1.82) is 5.26 Å². The summed E-state index contributed by atoms with van der Waals surface area (Å²) >= 11 is 0. The van der Waals surface area contributed by atoms with Gasteiger partial charge in [0.1, 0.15) is 12.4 Å². The molecule has 21 heavy (non-hydrogen) atoms. The van der Waals surface area contributed by atoms with Crippen molar-refractivity contribution in [2.24, 2.45) is 0 Å². The first-order valence-corrected chi connectivity index (χ1v) is 7.39. The average Bonchev–Trinajstić information content (AvgIpc) is 2.97. The maximum Gasteiger partial charge on any atom is 0.132 e. The Bertz CT molecular complexity index is 591. The average molecular weight is 283 g/mol. The van der Waals surface area contributed by atoms with Crippen LogP contribution in [0.3, 0.4) is 0 Å². The molecule has 0 amide bonds. The fourth-order valence-electron chi connectivity index (χ4n) is 2.27. The second kappa shape index (κ2) is 7.49. The third-order valence-electron chi connectivity index (χ3n) is 3.57. The Morgan fingerprint density at radius 2 is 1.90 bits per heavy atom. The zero-order valence-corrected chi connectivity index (χ0v) is 12.6. The molecule has 0 spiro atoms. The number of nitriles is 1. The molecule has 0 fully saturated rings. The molecule has 0 saturated carbocycles. The minimum absolute atomic E-state index is 0.431. The maximum atomic E-state index is 8.64. The molecule has 0 radical (unpaired) electrons. The Kier molecular flexibility index (Phi) is 5.39. The van der Waals surface area contributed by atoms with Crippen molar-refractivity contribution in [3.05, 3.63) is 47.8 Å². The molecule has 2 rings (SSSR count). The van der Waals surface area contributed by atoms with Gasteiger partial charge >= 0.3 is 0 Å². The summed E-state index contributed by atoms with van der Waals surface area (Å²) in [6.07, 6.45) is 4.62. The van der Waals surface area contributed by atoms with Crippen molar-refractivity contribution in [3.63, 3.8) is 0 Å².